The van der Waals surface area contributed by atoms with E-state index in [1.165, 1.54) is 13.2 Å². The van der Waals surface area contributed by atoms with Gasteiger partial charge in [0.1, 0.15) is 22.8 Å². The fourth-order valence-corrected chi connectivity index (χ4v) is 6.37. The van der Waals surface area contributed by atoms with E-state index in [2.05, 4.69) is 15.6 Å². The van der Waals surface area contributed by atoms with Crippen LogP contribution in [0.15, 0.2) is 30.3 Å². The third kappa shape index (κ3) is 5.28. The number of carbonyl (C=O) groups excluding carboxylic acids is 1. The molecule has 224 valence electrons. The molecule has 1 saturated carbocycles. The van der Waals surface area contributed by atoms with E-state index in [0.29, 0.717) is 52.0 Å². The molecule has 4 aromatic heterocycles. The maximum absolute atomic E-state index is 13.8. The molecule has 4 aromatic rings. The van der Waals surface area contributed by atoms with Crippen molar-refractivity contribution in [2.75, 3.05) is 30.8 Å². The zero-order chi connectivity index (χ0) is 29.8. The van der Waals surface area contributed by atoms with Gasteiger partial charge in [-0.15, -0.1) is 0 Å². The quantitative estimate of drug-likeness (QED) is 0.282. The molecular weight excluding hydrogens is 568 g/mol. The van der Waals surface area contributed by atoms with E-state index in [0.717, 1.165) is 50.7 Å². The van der Waals surface area contributed by atoms with Crippen molar-refractivity contribution in [1.29, 1.82) is 0 Å². The maximum Gasteiger partial charge on any atom is 0.329 e. The number of aryl methyl sites for hydroxylation is 1. The fourth-order valence-electron chi connectivity index (χ4n) is 5.64. The molecule has 6 rings (SSSR count). The van der Waals surface area contributed by atoms with E-state index < -0.39 is 16.6 Å². The lowest BCUT2D eigenvalue weighted by Gasteiger charge is -2.23. The Morgan fingerprint density at radius 3 is 2.64 bits per heavy atom. The number of aromatic nitrogens is 4. The van der Waals surface area contributed by atoms with Crippen molar-refractivity contribution in [3.8, 4) is 17.3 Å². The molecule has 1 aliphatic carbocycles. The Balaban J connectivity index is 1.46. The van der Waals surface area contributed by atoms with E-state index in [-0.39, 0.29) is 22.1 Å². The van der Waals surface area contributed by atoms with E-state index in [4.69, 9.17) is 9.72 Å². The monoisotopic (exact) mass is 601 g/mol. The summed E-state index contributed by atoms with van der Waals surface area (Å²) < 4.78 is 61.3. The van der Waals surface area contributed by atoms with Crippen molar-refractivity contribution in [3.05, 3.63) is 41.6 Å². The number of nitrogens with zero attached hydrogens (tertiary/aromatic N) is 5. The highest BCUT2D eigenvalue weighted by Gasteiger charge is 2.30. The topological polar surface area (TPSA) is 123 Å². The Hall–Kier alpha value is -3.78. The second kappa shape index (κ2) is 10.8. The molecule has 2 aliphatic rings. The number of hydrogen-bond donors (Lipinski definition) is 2. The van der Waals surface area contributed by atoms with Gasteiger partial charge in [0.05, 0.1) is 24.8 Å². The summed E-state index contributed by atoms with van der Waals surface area (Å²) in [6.07, 6.45) is 4.69. The number of nitrogens with one attached hydrogen (secondary N) is 2. The number of rotatable bonds is 9. The summed E-state index contributed by atoms with van der Waals surface area (Å²) in [5, 5.41) is 7.05. The molecule has 1 amide bonds. The predicted octanol–water partition coefficient (Wildman–Crippen LogP) is 3.55. The van der Waals surface area contributed by atoms with Gasteiger partial charge >= 0.3 is 6.55 Å². The first-order chi connectivity index (χ1) is 20.0. The van der Waals surface area contributed by atoms with Crippen LogP contribution in [0.3, 0.4) is 0 Å². The minimum absolute atomic E-state index is 0.0254. The second-order valence-electron chi connectivity index (χ2n) is 11.0. The minimum atomic E-state index is -4.26. The molecule has 0 radical (unpaired) electrons. The average Bonchev–Trinajstić information content (AvgIpc) is 3.62. The predicted molar refractivity (Wildman–Crippen MR) is 155 cm³/mol. The van der Waals surface area contributed by atoms with Crippen LogP contribution >= 0.6 is 0 Å². The standard InChI is InChI=1S/C28H33F2N7O4S/c1-16-25(33-23-12-19(13-24(41-2)36(16)23)27(38)32-20-5-4-10-31-14-20)21-11-18-8-9-22(37(28(29)30)42(3,39)40)34-26(18)35(21)15-17-6-7-17/h8-9,11-13,17,20,28,31H,4-7,10,14-15H2,1-3H3,(H,32,38). The first-order valence-corrected chi connectivity index (χ1v) is 15.8. The molecular formula is C28H33F2N7O4S. The highest BCUT2D eigenvalue weighted by molar-refractivity contribution is 7.92. The number of fused-ring (bicyclic) bond motifs is 2. The molecule has 2 N–H and O–H groups in total. The van der Waals surface area contributed by atoms with E-state index in [1.807, 2.05) is 22.0 Å². The Morgan fingerprint density at radius 2 is 2.00 bits per heavy atom. The van der Waals surface area contributed by atoms with Crippen molar-refractivity contribution >= 4 is 38.4 Å². The second-order valence-corrected chi connectivity index (χ2v) is 12.9. The van der Waals surface area contributed by atoms with Gasteiger partial charge in [0.2, 0.25) is 10.0 Å². The number of amides is 1. The molecule has 0 aromatic carbocycles. The summed E-state index contributed by atoms with van der Waals surface area (Å²) in [5.74, 6) is 0.281. The van der Waals surface area contributed by atoms with E-state index in [9.17, 15) is 22.0 Å². The van der Waals surface area contributed by atoms with Gasteiger partial charge in [-0.2, -0.15) is 13.1 Å². The number of halogens is 2. The molecule has 1 aliphatic heterocycles. The molecule has 5 heterocycles. The summed E-state index contributed by atoms with van der Waals surface area (Å²) in [5.41, 5.74) is 3.44. The first-order valence-electron chi connectivity index (χ1n) is 13.9. The number of methoxy groups -OCH3 is 1. The van der Waals surface area contributed by atoms with Crippen LogP contribution in [0.1, 0.15) is 41.7 Å². The lowest BCUT2D eigenvalue weighted by Crippen LogP contribution is -2.45. The molecule has 42 heavy (non-hydrogen) atoms. The molecule has 1 saturated heterocycles. The van der Waals surface area contributed by atoms with Crippen LogP contribution in [0, 0.1) is 12.8 Å². The Morgan fingerprint density at radius 1 is 1.21 bits per heavy atom. The van der Waals surface area contributed by atoms with Gasteiger partial charge in [-0.05, 0) is 69.3 Å². The number of pyridine rings is 2. The smallest absolute Gasteiger partial charge is 0.329 e. The lowest BCUT2D eigenvalue weighted by molar-refractivity contribution is 0.0930. The largest absolute Gasteiger partial charge is 0.482 e. The van der Waals surface area contributed by atoms with E-state index in [1.54, 1.807) is 18.2 Å². The fraction of sp³-hybridized carbons (Fsp3) is 0.464. The lowest BCUT2D eigenvalue weighted by atomic mass is 10.1. The van der Waals surface area contributed by atoms with Gasteiger partial charge in [0, 0.05) is 36.1 Å². The number of hydrogen-bond acceptors (Lipinski definition) is 7. The normalized spacial score (nSPS) is 17.7. The van der Waals surface area contributed by atoms with Crippen molar-refractivity contribution in [2.24, 2.45) is 5.92 Å². The summed E-state index contributed by atoms with van der Waals surface area (Å²) >= 11 is 0. The van der Waals surface area contributed by atoms with Gasteiger partial charge in [0.25, 0.3) is 5.91 Å². The van der Waals surface area contributed by atoms with Gasteiger partial charge in [-0.1, -0.05) is 0 Å². The Bertz CT molecular complexity index is 1780. The number of imidazole rings is 1. The highest BCUT2D eigenvalue weighted by Crippen LogP contribution is 2.38. The Labute approximate surface area is 241 Å². The van der Waals surface area contributed by atoms with Crippen molar-refractivity contribution in [1.82, 2.24) is 29.6 Å². The van der Waals surface area contributed by atoms with Gasteiger partial charge in [-0.3, -0.25) is 9.20 Å². The molecule has 11 nitrogen and oxygen atoms in total. The van der Waals surface area contributed by atoms with Crippen LogP contribution in [-0.4, -0.2) is 72.3 Å². The van der Waals surface area contributed by atoms with Crippen molar-refractivity contribution in [3.63, 3.8) is 0 Å². The highest BCUT2D eigenvalue weighted by atomic mass is 32.2. The summed E-state index contributed by atoms with van der Waals surface area (Å²) in [7, 11) is -2.73. The van der Waals surface area contributed by atoms with Crippen LogP contribution in [-0.2, 0) is 16.6 Å². The Kier molecular flexibility index (Phi) is 7.29. The zero-order valence-corrected chi connectivity index (χ0v) is 24.4. The van der Waals surface area contributed by atoms with Gasteiger partial charge in [-0.25, -0.2) is 18.4 Å². The minimum Gasteiger partial charge on any atom is -0.482 e. The molecule has 0 bridgehead atoms. The number of anilines is 1. The molecule has 0 spiro atoms. The van der Waals surface area contributed by atoms with Crippen molar-refractivity contribution in [2.45, 2.75) is 51.7 Å². The van der Waals surface area contributed by atoms with Gasteiger partial charge < -0.3 is 19.9 Å². The number of alkyl halides is 2. The molecule has 14 heteroatoms. The van der Waals surface area contributed by atoms with Crippen LogP contribution < -0.4 is 19.7 Å². The summed E-state index contributed by atoms with van der Waals surface area (Å²) in [6.45, 7) is 0.865. The molecule has 2 fully saturated rings. The van der Waals surface area contributed by atoms with E-state index >= 15 is 0 Å². The summed E-state index contributed by atoms with van der Waals surface area (Å²) in [4.78, 5) is 22.5. The zero-order valence-electron chi connectivity index (χ0n) is 23.6. The number of carbonyl (C=O) groups is 1. The third-order valence-electron chi connectivity index (χ3n) is 7.89. The van der Waals surface area contributed by atoms with Crippen LogP contribution in [0.5, 0.6) is 5.88 Å². The number of sulfonamides is 1. The summed E-state index contributed by atoms with van der Waals surface area (Å²) in [6, 6.07) is 8.22. The molecule has 1 atom stereocenters. The van der Waals surface area contributed by atoms with Crippen LogP contribution in [0.4, 0.5) is 14.6 Å². The SMILES string of the molecule is COc1cc(C(=O)NC2CCCNC2)cc2nc(-c3cc4ccc(N(C(F)F)S(C)(=O)=O)nc4n3CC3CC3)c(C)n12. The van der Waals surface area contributed by atoms with Crippen molar-refractivity contribution < 1.29 is 26.7 Å². The molecule has 1 unspecified atom stereocenters. The number of piperidine rings is 1. The number of ether oxygens (including phenoxy) is 1. The first kappa shape index (κ1) is 28.3. The van der Waals surface area contributed by atoms with Gasteiger partial charge in [0.15, 0.2) is 5.88 Å². The maximum atomic E-state index is 13.8. The van der Waals surface area contributed by atoms with Crippen LogP contribution in [0.2, 0.25) is 0 Å². The third-order valence-corrected chi connectivity index (χ3v) is 8.95. The van der Waals surface area contributed by atoms with Crippen LogP contribution in [0.25, 0.3) is 28.1 Å². The average molecular weight is 602 g/mol.